The van der Waals surface area contributed by atoms with Crippen LogP contribution in [0.3, 0.4) is 0 Å². The summed E-state index contributed by atoms with van der Waals surface area (Å²) in [6, 6.07) is 0. The van der Waals surface area contributed by atoms with Crippen LogP contribution in [0.15, 0.2) is 17.6 Å². The molecule has 1 aromatic heterocycles. The van der Waals surface area contributed by atoms with E-state index in [0.717, 1.165) is 0 Å². The van der Waals surface area contributed by atoms with Crippen LogP contribution in [-0.4, -0.2) is 22.1 Å². The normalized spacial score (nSPS) is 9.55. The standard InChI is InChI=1S/C6H8N4S/c1-11-6-9-2-4(3-10-6)5(7)8/h2-3H,1H3,(H3,7,8). The van der Waals surface area contributed by atoms with Crippen LogP contribution >= 0.6 is 11.8 Å². The predicted molar refractivity (Wildman–Crippen MR) is 44.8 cm³/mol. The minimum absolute atomic E-state index is 0.00217. The van der Waals surface area contributed by atoms with Crippen molar-refractivity contribution < 1.29 is 0 Å². The topological polar surface area (TPSA) is 75.7 Å². The zero-order valence-electron chi connectivity index (χ0n) is 6.03. The SMILES string of the molecule is CSc1ncc(C(=N)N)cn1. The molecular weight excluding hydrogens is 160 g/mol. The molecule has 4 nitrogen and oxygen atoms in total. The molecule has 0 aliphatic rings. The van der Waals surface area contributed by atoms with Crippen molar-refractivity contribution in [1.29, 1.82) is 5.41 Å². The highest BCUT2D eigenvalue weighted by atomic mass is 32.2. The Bertz CT molecular complexity index is 256. The Hall–Kier alpha value is -1.10. The van der Waals surface area contributed by atoms with E-state index >= 15 is 0 Å². The average Bonchev–Trinajstić information content (AvgIpc) is 2.05. The summed E-state index contributed by atoms with van der Waals surface area (Å²) in [6.07, 6.45) is 4.98. The molecule has 0 saturated heterocycles. The van der Waals surface area contributed by atoms with Gasteiger partial charge in [0.25, 0.3) is 0 Å². The number of nitrogens with one attached hydrogen (secondary N) is 1. The van der Waals surface area contributed by atoms with Gasteiger partial charge in [0.2, 0.25) is 0 Å². The number of aromatic nitrogens is 2. The van der Waals surface area contributed by atoms with E-state index in [-0.39, 0.29) is 5.84 Å². The lowest BCUT2D eigenvalue weighted by Gasteiger charge is -1.96. The fourth-order valence-electron chi connectivity index (χ4n) is 0.561. The van der Waals surface area contributed by atoms with Crippen molar-refractivity contribution in [2.45, 2.75) is 5.16 Å². The second kappa shape index (κ2) is 3.34. The van der Waals surface area contributed by atoms with Gasteiger partial charge in [0.1, 0.15) is 5.84 Å². The molecule has 0 aliphatic carbocycles. The Morgan fingerprint density at radius 1 is 1.55 bits per heavy atom. The summed E-state index contributed by atoms with van der Waals surface area (Å²) in [6.45, 7) is 0. The van der Waals surface area contributed by atoms with E-state index in [2.05, 4.69) is 9.97 Å². The van der Waals surface area contributed by atoms with Gasteiger partial charge in [-0.25, -0.2) is 9.97 Å². The van der Waals surface area contributed by atoms with Gasteiger partial charge >= 0.3 is 0 Å². The number of nitrogen functional groups attached to an aromatic ring is 1. The van der Waals surface area contributed by atoms with Crippen LogP contribution in [-0.2, 0) is 0 Å². The number of hydrogen-bond donors (Lipinski definition) is 2. The summed E-state index contributed by atoms with van der Waals surface area (Å²) >= 11 is 1.46. The molecule has 0 fully saturated rings. The molecule has 11 heavy (non-hydrogen) atoms. The van der Waals surface area contributed by atoms with Crippen molar-refractivity contribution >= 4 is 17.6 Å². The van der Waals surface area contributed by atoms with Crippen molar-refractivity contribution in [1.82, 2.24) is 9.97 Å². The summed E-state index contributed by atoms with van der Waals surface area (Å²) in [7, 11) is 0. The molecular formula is C6H8N4S. The lowest BCUT2D eigenvalue weighted by Crippen LogP contribution is -2.11. The smallest absolute Gasteiger partial charge is 0.187 e. The summed E-state index contributed by atoms with van der Waals surface area (Å²) in [5, 5.41) is 7.74. The van der Waals surface area contributed by atoms with Crippen LogP contribution in [0.5, 0.6) is 0 Å². The highest BCUT2D eigenvalue weighted by molar-refractivity contribution is 7.98. The first-order valence-electron chi connectivity index (χ1n) is 2.94. The Kier molecular flexibility index (Phi) is 2.43. The quantitative estimate of drug-likeness (QED) is 0.291. The molecule has 0 saturated carbocycles. The lowest BCUT2D eigenvalue weighted by molar-refractivity contribution is 0.964. The van der Waals surface area contributed by atoms with Gasteiger partial charge < -0.3 is 5.73 Å². The van der Waals surface area contributed by atoms with Gasteiger partial charge in [-0.1, -0.05) is 11.8 Å². The van der Waals surface area contributed by atoms with E-state index in [1.165, 1.54) is 11.8 Å². The van der Waals surface area contributed by atoms with Crippen molar-refractivity contribution in [3.63, 3.8) is 0 Å². The van der Waals surface area contributed by atoms with Gasteiger partial charge in [-0.15, -0.1) is 0 Å². The van der Waals surface area contributed by atoms with Gasteiger partial charge in [-0.2, -0.15) is 0 Å². The van der Waals surface area contributed by atoms with Crippen molar-refractivity contribution in [3.05, 3.63) is 18.0 Å². The number of amidine groups is 1. The van der Waals surface area contributed by atoms with Crippen LogP contribution in [0, 0.1) is 5.41 Å². The third kappa shape index (κ3) is 1.91. The molecule has 58 valence electrons. The molecule has 0 radical (unpaired) electrons. The van der Waals surface area contributed by atoms with E-state index < -0.39 is 0 Å². The zero-order chi connectivity index (χ0) is 8.27. The minimum atomic E-state index is -0.00217. The molecule has 1 aromatic rings. The Labute approximate surface area is 68.7 Å². The molecule has 1 rings (SSSR count). The highest BCUT2D eigenvalue weighted by Gasteiger charge is 1.97. The van der Waals surface area contributed by atoms with Crippen LogP contribution in [0.2, 0.25) is 0 Å². The maximum Gasteiger partial charge on any atom is 0.187 e. The first-order chi connectivity index (χ1) is 5.24. The number of rotatable bonds is 2. The van der Waals surface area contributed by atoms with Gasteiger partial charge in [0, 0.05) is 12.4 Å². The van der Waals surface area contributed by atoms with Gasteiger partial charge in [0.05, 0.1) is 5.56 Å². The third-order valence-corrected chi connectivity index (χ3v) is 1.70. The molecule has 0 amide bonds. The second-order valence-corrected chi connectivity index (χ2v) is 2.65. The van der Waals surface area contributed by atoms with E-state index in [1.807, 2.05) is 6.26 Å². The Morgan fingerprint density at radius 3 is 2.45 bits per heavy atom. The van der Waals surface area contributed by atoms with E-state index in [4.69, 9.17) is 11.1 Å². The molecule has 0 aromatic carbocycles. The minimum Gasteiger partial charge on any atom is -0.384 e. The summed E-state index contributed by atoms with van der Waals surface area (Å²) in [5.74, 6) is -0.00217. The monoisotopic (exact) mass is 168 g/mol. The predicted octanol–water partition coefficient (Wildman–Crippen LogP) is 0.483. The van der Waals surface area contributed by atoms with Crippen LogP contribution in [0.25, 0.3) is 0 Å². The van der Waals surface area contributed by atoms with Crippen molar-refractivity contribution in [2.75, 3.05) is 6.26 Å². The van der Waals surface area contributed by atoms with Crippen LogP contribution in [0.1, 0.15) is 5.56 Å². The summed E-state index contributed by atoms with van der Waals surface area (Å²) < 4.78 is 0. The molecule has 0 spiro atoms. The Morgan fingerprint density at radius 2 is 2.09 bits per heavy atom. The Balaban J connectivity index is 2.91. The van der Waals surface area contributed by atoms with E-state index in [9.17, 15) is 0 Å². The second-order valence-electron chi connectivity index (χ2n) is 1.87. The number of thioether (sulfide) groups is 1. The van der Waals surface area contributed by atoms with Crippen molar-refractivity contribution in [2.24, 2.45) is 5.73 Å². The molecule has 0 aliphatic heterocycles. The maximum absolute atomic E-state index is 7.05. The summed E-state index contributed by atoms with van der Waals surface area (Å²) in [4.78, 5) is 7.90. The largest absolute Gasteiger partial charge is 0.384 e. The fourth-order valence-corrected chi connectivity index (χ4v) is 0.877. The highest BCUT2D eigenvalue weighted by Crippen LogP contribution is 2.06. The third-order valence-electron chi connectivity index (χ3n) is 1.12. The van der Waals surface area contributed by atoms with Crippen LogP contribution in [0.4, 0.5) is 0 Å². The molecule has 3 N–H and O–H groups in total. The van der Waals surface area contributed by atoms with E-state index in [0.29, 0.717) is 10.7 Å². The zero-order valence-corrected chi connectivity index (χ0v) is 6.85. The van der Waals surface area contributed by atoms with Crippen molar-refractivity contribution in [3.8, 4) is 0 Å². The summed E-state index contributed by atoms with van der Waals surface area (Å²) in [5.41, 5.74) is 5.76. The van der Waals surface area contributed by atoms with Crippen LogP contribution < -0.4 is 5.73 Å². The molecule has 5 heteroatoms. The first kappa shape index (κ1) is 8.00. The average molecular weight is 168 g/mol. The lowest BCUT2D eigenvalue weighted by atomic mass is 10.3. The maximum atomic E-state index is 7.05. The van der Waals surface area contributed by atoms with E-state index in [1.54, 1.807) is 12.4 Å². The van der Waals surface area contributed by atoms with Gasteiger partial charge in [0.15, 0.2) is 5.16 Å². The number of nitrogens with zero attached hydrogens (tertiary/aromatic N) is 2. The number of nitrogens with two attached hydrogens (primary N) is 1. The molecule has 0 atom stereocenters. The van der Waals surface area contributed by atoms with Gasteiger partial charge in [-0.05, 0) is 6.26 Å². The van der Waals surface area contributed by atoms with Gasteiger partial charge in [-0.3, -0.25) is 5.41 Å². The molecule has 1 heterocycles. The first-order valence-corrected chi connectivity index (χ1v) is 4.17. The number of hydrogen-bond acceptors (Lipinski definition) is 4. The fraction of sp³-hybridized carbons (Fsp3) is 0.167. The molecule has 0 unspecified atom stereocenters. The molecule has 0 bridgehead atoms.